The van der Waals surface area contributed by atoms with Gasteiger partial charge in [-0.25, -0.2) is 4.98 Å². The first-order valence-electron chi connectivity index (χ1n) is 5.68. The zero-order valence-electron chi connectivity index (χ0n) is 9.62. The Morgan fingerprint density at radius 1 is 1.56 bits per heavy atom. The molecule has 5 nitrogen and oxygen atoms in total. The van der Waals surface area contributed by atoms with Gasteiger partial charge in [-0.2, -0.15) is 0 Å². The van der Waals surface area contributed by atoms with Gasteiger partial charge in [-0.15, -0.1) is 0 Å². The van der Waals surface area contributed by atoms with Crippen molar-refractivity contribution in [3.63, 3.8) is 0 Å². The van der Waals surface area contributed by atoms with Crippen LogP contribution in [0.5, 0.6) is 0 Å². The van der Waals surface area contributed by atoms with Crippen molar-refractivity contribution in [2.45, 2.75) is 31.8 Å². The summed E-state index contributed by atoms with van der Waals surface area (Å²) in [7, 11) is 0. The van der Waals surface area contributed by atoms with Crippen molar-refractivity contribution in [3.8, 4) is 0 Å². The summed E-state index contributed by atoms with van der Waals surface area (Å²) in [5.74, 6) is 0. The highest BCUT2D eigenvalue weighted by Crippen LogP contribution is 2.20. The van der Waals surface area contributed by atoms with Gasteiger partial charge in [0.05, 0.1) is 18.6 Å². The molecule has 1 saturated heterocycles. The molecular formula is C11H19N3O2. The Kier molecular flexibility index (Phi) is 3.58. The molecule has 0 unspecified atom stereocenters. The van der Waals surface area contributed by atoms with Crippen LogP contribution in [0.3, 0.4) is 0 Å². The maximum absolute atomic E-state index is 9.49. The Morgan fingerprint density at radius 2 is 2.31 bits per heavy atom. The summed E-state index contributed by atoms with van der Waals surface area (Å²) in [5, 5.41) is 12.9. The first-order chi connectivity index (χ1) is 7.76. The van der Waals surface area contributed by atoms with E-state index in [1.165, 1.54) is 0 Å². The van der Waals surface area contributed by atoms with E-state index in [1.54, 1.807) is 6.33 Å². The maximum atomic E-state index is 9.49. The fourth-order valence-corrected chi connectivity index (χ4v) is 1.99. The predicted octanol–water partition coefficient (Wildman–Crippen LogP) is 0.349. The second-order valence-electron chi connectivity index (χ2n) is 4.38. The topological polar surface area (TPSA) is 70.2 Å². The number of aromatic nitrogens is 2. The number of rotatable bonds is 4. The van der Waals surface area contributed by atoms with Gasteiger partial charge in [0.15, 0.2) is 0 Å². The van der Waals surface area contributed by atoms with E-state index in [4.69, 9.17) is 4.74 Å². The maximum Gasteiger partial charge on any atom is 0.0925 e. The molecule has 0 bridgehead atoms. The molecule has 3 N–H and O–H groups in total. The molecule has 0 amide bonds. The number of aryl methyl sites for hydroxylation is 1. The molecule has 90 valence electrons. The minimum Gasteiger partial charge on any atom is -0.394 e. The quantitative estimate of drug-likeness (QED) is 0.691. The molecule has 0 atom stereocenters. The fourth-order valence-electron chi connectivity index (χ4n) is 1.99. The number of hydrogen-bond acceptors (Lipinski definition) is 4. The summed E-state index contributed by atoms with van der Waals surface area (Å²) in [6, 6.07) is 0. The number of H-pyrrole nitrogens is 1. The van der Waals surface area contributed by atoms with Crippen LogP contribution in [-0.2, 0) is 11.3 Å². The van der Waals surface area contributed by atoms with Crippen LogP contribution < -0.4 is 5.32 Å². The molecule has 2 rings (SSSR count). The lowest BCUT2D eigenvalue weighted by molar-refractivity contribution is 0.0110. The molecule has 1 aliphatic heterocycles. The Hall–Kier alpha value is -0.910. The molecule has 16 heavy (non-hydrogen) atoms. The number of hydrogen-bond donors (Lipinski definition) is 3. The van der Waals surface area contributed by atoms with Gasteiger partial charge in [0.2, 0.25) is 0 Å². The smallest absolute Gasteiger partial charge is 0.0925 e. The van der Waals surface area contributed by atoms with E-state index in [2.05, 4.69) is 15.3 Å². The van der Waals surface area contributed by atoms with Crippen molar-refractivity contribution in [2.75, 3.05) is 19.8 Å². The highest BCUT2D eigenvalue weighted by Gasteiger charge is 2.31. The third kappa shape index (κ3) is 2.42. The molecule has 2 heterocycles. The van der Waals surface area contributed by atoms with E-state index in [0.717, 1.165) is 24.2 Å². The average Bonchev–Trinajstić information content (AvgIpc) is 2.74. The zero-order valence-corrected chi connectivity index (χ0v) is 9.62. The normalized spacial score (nSPS) is 19.9. The zero-order chi connectivity index (χ0) is 11.4. The standard InChI is InChI=1S/C11H19N3O2/c1-9-10(13-8-12-9)6-14-11(7-15)2-4-16-5-3-11/h8,14-15H,2-7H2,1H3,(H,12,13). The van der Waals surface area contributed by atoms with Gasteiger partial charge < -0.3 is 20.1 Å². The van der Waals surface area contributed by atoms with Crippen molar-refractivity contribution in [1.29, 1.82) is 0 Å². The van der Waals surface area contributed by atoms with Crippen LogP contribution in [0.1, 0.15) is 24.2 Å². The number of imidazole rings is 1. The summed E-state index contributed by atoms with van der Waals surface area (Å²) in [6.07, 6.45) is 3.40. The lowest BCUT2D eigenvalue weighted by atomic mass is 9.91. The van der Waals surface area contributed by atoms with Gasteiger partial charge in [-0.3, -0.25) is 0 Å². The molecule has 1 aliphatic rings. The summed E-state index contributed by atoms with van der Waals surface area (Å²) in [6.45, 7) is 4.27. The minimum absolute atomic E-state index is 0.153. The van der Waals surface area contributed by atoms with E-state index in [1.807, 2.05) is 6.92 Å². The molecule has 0 spiro atoms. The van der Waals surface area contributed by atoms with Gasteiger partial charge in [0, 0.05) is 31.0 Å². The summed E-state index contributed by atoms with van der Waals surface area (Å²) in [5.41, 5.74) is 1.90. The highest BCUT2D eigenvalue weighted by atomic mass is 16.5. The second-order valence-corrected chi connectivity index (χ2v) is 4.38. The minimum atomic E-state index is -0.191. The van der Waals surface area contributed by atoms with E-state index < -0.39 is 0 Å². The lowest BCUT2D eigenvalue weighted by Crippen LogP contribution is -2.52. The Labute approximate surface area is 95.2 Å². The monoisotopic (exact) mass is 225 g/mol. The molecule has 0 saturated carbocycles. The third-order valence-electron chi connectivity index (χ3n) is 3.32. The van der Waals surface area contributed by atoms with Crippen molar-refractivity contribution in [3.05, 3.63) is 17.7 Å². The molecule has 1 aromatic rings. The van der Waals surface area contributed by atoms with Gasteiger partial charge in [0.25, 0.3) is 0 Å². The van der Waals surface area contributed by atoms with Crippen molar-refractivity contribution >= 4 is 0 Å². The highest BCUT2D eigenvalue weighted by molar-refractivity contribution is 5.09. The third-order valence-corrected chi connectivity index (χ3v) is 3.32. The molecule has 1 aromatic heterocycles. The summed E-state index contributed by atoms with van der Waals surface area (Å²) in [4.78, 5) is 7.28. The molecule has 5 heteroatoms. The van der Waals surface area contributed by atoms with Gasteiger partial charge in [-0.05, 0) is 19.8 Å². The van der Waals surface area contributed by atoms with Crippen LogP contribution in [0.15, 0.2) is 6.33 Å². The number of aliphatic hydroxyl groups is 1. The van der Waals surface area contributed by atoms with Crippen LogP contribution in [0, 0.1) is 6.92 Å². The number of ether oxygens (including phenoxy) is 1. The Bertz CT molecular complexity index is 332. The fraction of sp³-hybridized carbons (Fsp3) is 0.727. The molecule has 1 fully saturated rings. The summed E-state index contributed by atoms with van der Waals surface area (Å²) >= 11 is 0. The Morgan fingerprint density at radius 3 is 2.88 bits per heavy atom. The van der Waals surface area contributed by atoms with Crippen LogP contribution in [0.2, 0.25) is 0 Å². The van der Waals surface area contributed by atoms with Crippen molar-refractivity contribution in [2.24, 2.45) is 0 Å². The number of nitrogens with one attached hydrogen (secondary N) is 2. The lowest BCUT2D eigenvalue weighted by Gasteiger charge is -2.36. The van der Waals surface area contributed by atoms with Crippen LogP contribution in [0.25, 0.3) is 0 Å². The van der Waals surface area contributed by atoms with Crippen molar-refractivity contribution < 1.29 is 9.84 Å². The average molecular weight is 225 g/mol. The van der Waals surface area contributed by atoms with E-state index in [-0.39, 0.29) is 12.1 Å². The van der Waals surface area contributed by atoms with Crippen LogP contribution in [-0.4, -0.2) is 40.4 Å². The second kappa shape index (κ2) is 4.95. The van der Waals surface area contributed by atoms with E-state index >= 15 is 0 Å². The Balaban J connectivity index is 1.94. The van der Waals surface area contributed by atoms with Crippen LogP contribution >= 0.6 is 0 Å². The molecule has 0 aliphatic carbocycles. The van der Waals surface area contributed by atoms with E-state index in [9.17, 15) is 5.11 Å². The predicted molar refractivity (Wildman–Crippen MR) is 60.0 cm³/mol. The molecule has 0 radical (unpaired) electrons. The summed E-state index contributed by atoms with van der Waals surface area (Å²) < 4.78 is 5.31. The van der Waals surface area contributed by atoms with Gasteiger partial charge in [-0.1, -0.05) is 0 Å². The van der Waals surface area contributed by atoms with E-state index in [0.29, 0.717) is 19.8 Å². The first kappa shape index (κ1) is 11.6. The first-order valence-corrected chi connectivity index (χ1v) is 5.68. The van der Waals surface area contributed by atoms with Gasteiger partial charge in [0.1, 0.15) is 0 Å². The number of aliphatic hydroxyl groups excluding tert-OH is 1. The van der Waals surface area contributed by atoms with Crippen LogP contribution in [0.4, 0.5) is 0 Å². The SMILES string of the molecule is Cc1[nH]cnc1CNC1(CO)CCOCC1. The molecule has 0 aromatic carbocycles. The molecular weight excluding hydrogens is 206 g/mol. The largest absolute Gasteiger partial charge is 0.394 e. The number of nitrogens with zero attached hydrogens (tertiary/aromatic N) is 1. The van der Waals surface area contributed by atoms with Gasteiger partial charge >= 0.3 is 0 Å². The van der Waals surface area contributed by atoms with Crippen molar-refractivity contribution in [1.82, 2.24) is 15.3 Å². The number of aromatic amines is 1.